The van der Waals surface area contributed by atoms with E-state index in [4.69, 9.17) is 14.1 Å². The van der Waals surface area contributed by atoms with Gasteiger partial charge in [-0.3, -0.25) is 4.99 Å². The average molecular weight is 504 g/mol. The minimum absolute atomic E-state index is 0. The lowest BCUT2D eigenvalue weighted by atomic mass is 10.1. The molecule has 2 atom stereocenters. The second-order valence-electron chi connectivity index (χ2n) is 7.64. The third-order valence-corrected chi connectivity index (χ3v) is 5.70. The van der Waals surface area contributed by atoms with Crippen molar-refractivity contribution in [2.45, 2.75) is 45.6 Å². The first-order valence-corrected chi connectivity index (χ1v) is 10.7. The number of rotatable bonds is 9. The Balaban J connectivity index is 0.00000280. The van der Waals surface area contributed by atoms with Crippen LogP contribution in [0.2, 0.25) is 0 Å². The van der Waals surface area contributed by atoms with Crippen molar-refractivity contribution >= 4 is 29.9 Å². The first kappa shape index (κ1) is 23.5. The lowest BCUT2D eigenvalue weighted by Crippen LogP contribution is -2.42. The van der Waals surface area contributed by atoms with Crippen LogP contribution in [0.1, 0.15) is 38.9 Å². The fourth-order valence-corrected chi connectivity index (χ4v) is 4.02. The predicted molar refractivity (Wildman–Crippen MR) is 125 cm³/mol. The molecule has 2 aliphatic heterocycles. The summed E-state index contributed by atoms with van der Waals surface area (Å²) in [6, 6.07) is 3.97. The van der Waals surface area contributed by atoms with E-state index in [-0.39, 0.29) is 24.0 Å². The predicted octanol–water partition coefficient (Wildman–Crippen LogP) is 3.23. The molecular weight excluding hydrogens is 467 g/mol. The van der Waals surface area contributed by atoms with Crippen molar-refractivity contribution in [2.75, 3.05) is 52.4 Å². The first-order chi connectivity index (χ1) is 13.3. The van der Waals surface area contributed by atoms with Gasteiger partial charge in [-0.15, -0.1) is 24.0 Å². The van der Waals surface area contributed by atoms with Crippen molar-refractivity contribution in [1.29, 1.82) is 0 Å². The molecule has 7 heteroatoms. The molecule has 0 spiro atoms. The van der Waals surface area contributed by atoms with Crippen LogP contribution >= 0.6 is 24.0 Å². The molecule has 1 N–H and O–H groups in total. The van der Waals surface area contributed by atoms with E-state index in [0.29, 0.717) is 6.10 Å². The average Bonchev–Trinajstić information content (AvgIpc) is 3.45. The van der Waals surface area contributed by atoms with E-state index in [0.717, 1.165) is 82.8 Å². The maximum absolute atomic E-state index is 5.76. The van der Waals surface area contributed by atoms with Gasteiger partial charge in [-0.25, -0.2) is 0 Å². The lowest BCUT2D eigenvalue weighted by Gasteiger charge is -2.25. The highest BCUT2D eigenvalue weighted by Crippen LogP contribution is 2.18. The Morgan fingerprint density at radius 1 is 1.32 bits per heavy atom. The van der Waals surface area contributed by atoms with Crippen LogP contribution in [0.25, 0.3) is 0 Å². The van der Waals surface area contributed by atoms with E-state index in [9.17, 15) is 0 Å². The molecule has 160 valence electrons. The summed E-state index contributed by atoms with van der Waals surface area (Å²) >= 11 is 0. The Bertz CT molecular complexity index is 557. The largest absolute Gasteiger partial charge is 0.469 e. The highest BCUT2D eigenvalue weighted by molar-refractivity contribution is 14.0. The highest BCUT2D eigenvalue weighted by atomic mass is 127. The molecule has 1 aromatic heterocycles. The van der Waals surface area contributed by atoms with E-state index in [2.05, 4.69) is 29.0 Å². The third-order valence-electron chi connectivity index (χ3n) is 5.70. The lowest BCUT2D eigenvalue weighted by molar-refractivity contribution is 0.117. The van der Waals surface area contributed by atoms with Gasteiger partial charge >= 0.3 is 0 Å². The maximum atomic E-state index is 5.76. The number of nitrogens with one attached hydrogen (secondary N) is 1. The summed E-state index contributed by atoms with van der Waals surface area (Å²) in [4.78, 5) is 9.89. The zero-order valence-corrected chi connectivity index (χ0v) is 19.8. The molecule has 2 unspecified atom stereocenters. The number of halogens is 1. The van der Waals surface area contributed by atoms with Gasteiger partial charge in [0.15, 0.2) is 5.96 Å². The molecule has 3 heterocycles. The van der Waals surface area contributed by atoms with Crippen LogP contribution in [0.3, 0.4) is 0 Å². The van der Waals surface area contributed by atoms with Crippen LogP contribution in [0.5, 0.6) is 0 Å². The van der Waals surface area contributed by atoms with Gasteiger partial charge in [-0.05, 0) is 50.4 Å². The topological polar surface area (TPSA) is 53.2 Å². The summed E-state index contributed by atoms with van der Waals surface area (Å²) in [6.45, 7) is 12.6. The van der Waals surface area contributed by atoms with Crippen molar-refractivity contribution in [2.24, 2.45) is 10.9 Å². The second kappa shape index (κ2) is 12.7. The standard InChI is InChI=1S/C21H36N4O2.HI/c1-3-24(4-2)16-18-10-12-25(17-18)21(23-15-20-8-6-14-27-20)22-11-9-19-7-5-13-26-19;/h5,7,13,18,20H,3-4,6,8-12,14-17H2,1-2H3,(H,22,23);1H. The number of furan rings is 1. The molecule has 0 amide bonds. The van der Waals surface area contributed by atoms with Crippen LogP contribution in [0, 0.1) is 5.92 Å². The maximum Gasteiger partial charge on any atom is 0.194 e. The van der Waals surface area contributed by atoms with Gasteiger partial charge in [0.1, 0.15) is 5.76 Å². The fraction of sp³-hybridized carbons (Fsp3) is 0.762. The summed E-state index contributed by atoms with van der Waals surface area (Å²) in [6.07, 6.45) is 6.45. The normalized spacial score (nSPS) is 22.7. The number of nitrogens with zero attached hydrogens (tertiary/aromatic N) is 3. The molecular formula is C21H37IN4O2. The van der Waals surface area contributed by atoms with Crippen LogP contribution in [-0.2, 0) is 11.2 Å². The molecule has 0 saturated carbocycles. The molecule has 0 aromatic carbocycles. The first-order valence-electron chi connectivity index (χ1n) is 10.7. The molecule has 28 heavy (non-hydrogen) atoms. The number of aliphatic imine (C=N–C) groups is 1. The van der Waals surface area contributed by atoms with Gasteiger partial charge in [-0.2, -0.15) is 0 Å². The van der Waals surface area contributed by atoms with Crippen molar-refractivity contribution < 1.29 is 9.15 Å². The smallest absolute Gasteiger partial charge is 0.194 e. The molecule has 0 radical (unpaired) electrons. The monoisotopic (exact) mass is 504 g/mol. The minimum atomic E-state index is 0. The summed E-state index contributed by atoms with van der Waals surface area (Å²) in [5, 5.41) is 3.57. The minimum Gasteiger partial charge on any atom is -0.469 e. The molecule has 6 nitrogen and oxygen atoms in total. The summed E-state index contributed by atoms with van der Waals surface area (Å²) in [7, 11) is 0. The molecule has 2 fully saturated rings. The SMILES string of the molecule is CCN(CC)CC1CCN(C(=NCC2CCCO2)NCCc2ccco2)C1.I. The van der Waals surface area contributed by atoms with Crippen molar-refractivity contribution in [3.63, 3.8) is 0 Å². The quantitative estimate of drug-likeness (QED) is 0.318. The van der Waals surface area contributed by atoms with E-state index in [1.807, 2.05) is 12.1 Å². The number of guanidine groups is 1. The van der Waals surface area contributed by atoms with Crippen molar-refractivity contribution in [3.05, 3.63) is 24.2 Å². The zero-order chi connectivity index (χ0) is 18.9. The molecule has 1 aromatic rings. The number of ether oxygens (including phenoxy) is 1. The van der Waals surface area contributed by atoms with E-state index in [1.54, 1.807) is 6.26 Å². The molecule has 2 saturated heterocycles. The van der Waals surface area contributed by atoms with Gasteiger partial charge in [0.2, 0.25) is 0 Å². The fourth-order valence-electron chi connectivity index (χ4n) is 4.02. The van der Waals surface area contributed by atoms with Crippen molar-refractivity contribution in [1.82, 2.24) is 15.1 Å². The molecule has 3 rings (SSSR count). The van der Waals surface area contributed by atoms with E-state index in [1.165, 1.54) is 13.0 Å². The van der Waals surface area contributed by atoms with Crippen LogP contribution in [-0.4, -0.2) is 74.3 Å². The Morgan fingerprint density at radius 2 is 2.18 bits per heavy atom. The van der Waals surface area contributed by atoms with Crippen LogP contribution in [0.15, 0.2) is 27.8 Å². The van der Waals surface area contributed by atoms with Gasteiger partial charge in [0.05, 0.1) is 18.9 Å². The van der Waals surface area contributed by atoms with Crippen molar-refractivity contribution in [3.8, 4) is 0 Å². The summed E-state index contributed by atoms with van der Waals surface area (Å²) < 4.78 is 11.2. The number of likely N-dealkylation sites (tertiary alicyclic amines) is 1. The van der Waals surface area contributed by atoms with Crippen LogP contribution in [0.4, 0.5) is 0 Å². The zero-order valence-electron chi connectivity index (χ0n) is 17.4. The highest BCUT2D eigenvalue weighted by Gasteiger charge is 2.26. The summed E-state index contributed by atoms with van der Waals surface area (Å²) in [5.74, 6) is 2.78. The Morgan fingerprint density at radius 3 is 2.86 bits per heavy atom. The second-order valence-corrected chi connectivity index (χ2v) is 7.64. The number of hydrogen-bond acceptors (Lipinski definition) is 4. The number of hydrogen-bond donors (Lipinski definition) is 1. The Labute approximate surface area is 187 Å². The molecule has 0 aliphatic carbocycles. The third kappa shape index (κ3) is 7.22. The molecule has 0 bridgehead atoms. The van der Waals surface area contributed by atoms with E-state index < -0.39 is 0 Å². The van der Waals surface area contributed by atoms with Gasteiger partial charge in [0.25, 0.3) is 0 Å². The van der Waals surface area contributed by atoms with Gasteiger partial charge in [-0.1, -0.05) is 13.8 Å². The summed E-state index contributed by atoms with van der Waals surface area (Å²) in [5.41, 5.74) is 0. The Hall–Kier alpha value is -0.800. The van der Waals surface area contributed by atoms with Gasteiger partial charge in [0, 0.05) is 39.2 Å². The molecule has 2 aliphatic rings. The van der Waals surface area contributed by atoms with E-state index >= 15 is 0 Å². The van der Waals surface area contributed by atoms with Crippen LogP contribution < -0.4 is 5.32 Å². The van der Waals surface area contributed by atoms with Gasteiger partial charge < -0.3 is 24.3 Å². The Kier molecular flexibility index (Phi) is 10.6.